The van der Waals surface area contributed by atoms with E-state index in [2.05, 4.69) is 229 Å². The van der Waals surface area contributed by atoms with Crippen LogP contribution in [0.5, 0.6) is 0 Å². The van der Waals surface area contributed by atoms with Crippen molar-refractivity contribution in [3.05, 3.63) is 224 Å². The van der Waals surface area contributed by atoms with Crippen molar-refractivity contribution in [1.29, 1.82) is 0 Å². The van der Waals surface area contributed by atoms with Gasteiger partial charge in [-0.15, -0.1) is 11.3 Å². The molecule has 10 aromatic rings. The van der Waals surface area contributed by atoms with Crippen LogP contribution in [0, 0.1) is 0 Å². The van der Waals surface area contributed by atoms with Gasteiger partial charge in [0.1, 0.15) is 0 Å². The Bertz CT molecular complexity index is 2930. The van der Waals surface area contributed by atoms with Gasteiger partial charge in [-0.2, -0.15) is 0 Å². The Morgan fingerprint density at radius 3 is 1.50 bits per heavy atom. The van der Waals surface area contributed by atoms with Crippen LogP contribution in [0.3, 0.4) is 0 Å². The summed E-state index contributed by atoms with van der Waals surface area (Å²) in [6.45, 7) is 0. The smallest absolute Gasteiger partial charge is 0.0547 e. The number of thiophene rings is 1. The largest absolute Gasteiger partial charge is 0.310 e. The average Bonchev–Trinajstić information content (AvgIpc) is 3.67. The molecule has 0 saturated carbocycles. The fraction of sp³-hybridized carbons (Fsp3) is 0. The Hall–Kier alpha value is -7.00. The van der Waals surface area contributed by atoms with Gasteiger partial charge in [-0.05, 0) is 98.6 Å². The van der Waals surface area contributed by atoms with Crippen LogP contribution in [0.25, 0.3) is 75.8 Å². The molecule has 1 nitrogen and oxygen atoms in total. The van der Waals surface area contributed by atoms with E-state index in [1.165, 1.54) is 75.8 Å². The predicted octanol–water partition coefficient (Wildman–Crippen LogP) is 15.9. The van der Waals surface area contributed by atoms with Crippen molar-refractivity contribution in [3.8, 4) is 55.6 Å². The van der Waals surface area contributed by atoms with Crippen LogP contribution in [-0.2, 0) is 0 Å². The number of anilines is 3. The van der Waals surface area contributed by atoms with Gasteiger partial charge in [-0.3, -0.25) is 0 Å². The first-order valence-electron chi connectivity index (χ1n) is 19.1. The molecular formula is C54H37NS. The topological polar surface area (TPSA) is 3.24 Å². The lowest BCUT2D eigenvalue weighted by atomic mass is 9.92. The molecule has 0 aliphatic carbocycles. The monoisotopic (exact) mass is 731 g/mol. The molecule has 9 aromatic carbocycles. The molecule has 0 aliphatic heterocycles. The SMILES string of the molecule is c1ccc(-c2ccc(N(c3ccc(-c4ccccc4)c(-c4ccccc4)c3)c3ccc4sc5ccccc5c4c3-c3cccc(-c4ccccc4)c3)cc2)cc1. The van der Waals surface area contributed by atoms with Gasteiger partial charge in [0, 0.05) is 37.1 Å². The fourth-order valence-electron chi connectivity index (χ4n) is 8.03. The van der Waals surface area contributed by atoms with Gasteiger partial charge in [0.2, 0.25) is 0 Å². The highest BCUT2D eigenvalue weighted by Crippen LogP contribution is 2.50. The Labute approximate surface area is 332 Å². The molecule has 0 unspecified atom stereocenters. The highest BCUT2D eigenvalue weighted by molar-refractivity contribution is 7.26. The van der Waals surface area contributed by atoms with E-state index in [9.17, 15) is 0 Å². The molecule has 0 saturated heterocycles. The van der Waals surface area contributed by atoms with Crippen LogP contribution in [0.1, 0.15) is 0 Å². The number of hydrogen-bond acceptors (Lipinski definition) is 2. The van der Waals surface area contributed by atoms with E-state index in [1.54, 1.807) is 0 Å². The quantitative estimate of drug-likeness (QED) is 0.150. The number of fused-ring (bicyclic) bond motifs is 3. The molecule has 0 N–H and O–H groups in total. The maximum atomic E-state index is 2.46. The van der Waals surface area contributed by atoms with E-state index in [-0.39, 0.29) is 0 Å². The molecular weight excluding hydrogens is 695 g/mol. The third-order valence-electron chi connectivity index (χ3n) is 10.7. The number of hydrogen-bond donors (Lipinski definition) is 0. The Kier molecular flexibility index (Phi) is 8.79. The minimum absolute atomic E-state index is 1.09. The van der Waals surface area contributed by atoms with Crippen LogP contribution < -0.4 is 4.90 Å². The lowest BCUT2D eigenvalue weighted by Crippen LogP contribution is -2.12. The molecule has 1 heterocycles. The number of nitrogens with zero attached hydrogens (tertiary/aromatic N) is 1. The van der Waals surface area contributed by atoms with Gasteiger partial charge < -0.3 is 4.90 Å². The summed E-state index contributed by atoms with van der Waals surface area (Å²) in [7, 11) is 0. The lowest BCUT2D eigenvalue weighted by Gasteiger charge is -2.30. The third kappa shape index (κ3) is 6.26. The summed E-state index contributed by atoms with van der Waals surface area (Å²) in [4.78, 5) is 2.46. The first-order valence-corrected chi connectivity index (χ1v) is 19.9. The van der Waals surface area contributed by atoms with E-state index in [0.29, 0.717) is 0 Å². The zero-order valence-corrected chi connectivity index (χ0v) is 31.5. The first-order chi connectivity index (χ1) is 27.8. The predicted molar refractivity (Wildman–Crippen MR) is 241 cm³/mol. The number of benzene rings is 9. The van der Waals surface area contributed by atoms with Crippen LogP contribution in [0.4, 0.5) is 17.1 Å². The van der Waals surface area contributed by atoms with Crippen molar-refractivity contribution >= 4 is 48.6 Å². The van der Waals surface area contributed by atoms with E-state index in [1.807, 2.05) is 11.3 Å². The average molecular weight is 732 g/mol. The molecule has 264 valence electrons. The Morgan fingerprint density at radius 1 is 0.304 bits per heavy atom. The van der Waals surface area contributed by atoms with Gasteiger partial charge >= 0.3 is 0 Å². The summed E-state index contributed by atoms with van der Waals surface area (Å²) < 4.78 is 2.57. The standard InChI is InChI=1S/C54H37NS/c1-5-16-38(17-6-1)40-28-30-45(31-29-40)55(46-32-33-47(41-20-9-3-10-21-41)49(37-46)42-22-11-4-12-23-42)50-34-35-52-54(48-26-13-14-27-51(48)56-52)53(50)44-25-15-24-43(36-44)39-18-7-2-8-19-39/h1-37H. The molecule has 0 spiro atoms. The third-order valence-corrected chi connectivity index (χ3v) is 11.8. The summed E-state index contributed by atoms with van der Waals surface area (Å²) in [5.41, 5.74) is 15.3. The Morgan fingerprint density at radius 2 is 0.821 bits per heavy atom. The summed E-state index contributed by atoms with van der Waals surface area (Å²) in [6, 6.07) is 81.4. The van der Waals surface area contributed by atoms with Gasteiger partial charge in [-0.25, -0.2) is 0 Å². The first kappa shape index (κ1) is 33.6. The van der Waals surface area contributed by atoms with Crippen LogP contribution in [0.15, 0.2) is 224 Å². The van der Waals surface area contributed by atoms with Crippen LogP contribution in [0.2, 0.25) is 0 Å². The van der Waals surface area contributed by atoms with E-state index in [0.717, 1.165) is 17.1 Å². The molecule has 0 fully saturated rings. The molecule has 1 aromatic heterocycles. The molecule has 10 rings (SSSR count). The van der Waals surface area contributed by atoms with E-state index >= 15 is 0 Å². The molecule has 0 atom stereocenters. The van der Waals surface area contributed by atoms with Crippen LogP contribution in [-0.4, -0.2) is 0 Å². The van der Waals surface area contributed by atoms with Crippen molar-refractivity contribution in [1.82, 2.24) is 0 Å². The van der Waals surface area contributed by atoms with Gasteiger partial charge in [0.05, 0.1) is 5.69 Å². The van der Waals surface area contributed by atoms with Crippen molar-refractivity contribution in [2.24, 2.45) is 0 Å². The van der Waals surface area contributed by atoms with Gasteiger partial charge in [0.15, 0.2) is 0 Å². The summed E-state index contributed by atoms with van der Waals surface area (Å²) in [5.74, 6) is 0. The molecule has 0 radical (unpaired) electrons. The fourth-order valence-corrected chi connectivity index (χ4v) is 9.14. The second-order valence-electron chi connectivity index (χ2n) is 14.1. The zero-order valence-electron chi connectivity index (χ0n) is 30.7. The minimum atomic E-state index is 1.09. The number of rotatable bonds is 8. The van der Waals surface area contributed by atoms with Crippen molar-refractivity contribution in [2.45, 2.75) is 0 Å². The molecule has 0 amide bonds. The maximum Gasteiger partial charge on any atom is 0.0547 e. The van der Waals surface area contributed by atoms with E-state index in [4.69, 9.17) is 0 Å². The molecule has 56 heavy (non-hydrogen) atoms. The summed E-state index contributed by atoms with van der Waals surface area (Å²) in [6.07, 6.45) is 0. The van der Waals surface area contributed by atoms with Crippen molar-refractivity contribution in [2.75, 3.05) is 4.90 Å². The zero-order chi connectivity index (χ0) is 37.3. The maximum absolute atomic E-state index is 2.46. The Balaban J connectivity index is 1.26. The second kappa shape index (κ2) is 14.7. The molecule has 0 aliphatic rings. The normalized spacial score (nSPS) is 11.2. The molecule has 0 bridgehead atoms. The van der Waals surface area contributed by atoms with E-state index < -0.39 is 0 Å². The summed E-state index contributed by atoms with van der Waals surface area (Å²) >= 11 is 1.86. The van der Waals surface area contributed by atoms with Gasteiger partial charge in [-0.1, -0.05) is 176 Å². The van der Waals surface area contributed by atoms with Crippen molar-refractivity contribution < 1.29 is 0 Å². The van der Waals surface area contributed by atoms with Gasteiger partial charge in [0.25, 0.3) is 0 Å². The second-order valence-corrected chi connectivity index (χ2v) is 15.2. The lowest BCUT2D eigenvalue weighted by molar-refractivity contribution is 1.29. The highest BCUT2D eigenvalue weighted by Gasteiger charge is 2.23. The molecule has 2 heteroatoms. The van der Waals surface area contributed by atoms with Crippen LogP contribution >= 0.6 is 11.3 Å². The minimum Gasteiger partial charge on any atom is -0.310 e. The summed E-state index contributed by atoms with van der Waals surface area (Å²) in [5, 5.41) is 2.56. The van der Waals surface area contributed by atoms with Crippen molar-refractivity contribution in [3.63, 3.8) is 0 Å². The highest BCUT2D eigenvalue weighted by atomic mass is 32.1.